The second kappa shape index (κ2) is 5.35. The van der Waals surface area contributed by atoms with E-state index in [-0.39, 0.29) is 0 Å². The highest BCUT2D eigenvalue weighted by atomic mass is 32.1. The van der Waals surface area contributed by atoms with Gasteiger partial charge < -0.3 is 15.0 Å². The van der Waals surface area contributed by atoms with Crippen molar-refractivity contribution in [3.05, 3.63) is 18.2 Å². The predicted molar refractivity (Wildman–Crippen MR) is 80.3 cm³/mol. The minimum atomic E-state index is 0.515. The van der Waals surface area contributed by atoms with E-state index < -0.39 is 0 Å². The molecular weight excluding hydrogens is 258 g/mol. The van der Waals surface area contributed by atoms with E-state index >= 15 is 0 Å². The number of piperidine rings is 1. The van der Waals surface area contributed by atoms with Gasteiger partial charge in [0.2, 0.25) is 0 Å². The van der Waals surface area contributed by atoms with Gasteiger partial charge in [0.1, 0.15) is 5.75 Å². The summed E-state index contributed by atoms with van der Waals surface area (Å²) in [5, 5.41) is 4.58. The molecule has 1 saturated heterocycles. The van der Waals surface area contributed by atoms with Crippen molar-refractivity contribution in [1.29, 1.82) is 0 Å². The van der Waals surface area contributed by atoms with Crippen LogP contribution >= 0.6 is 11.3 Å². The monoisotopic (exact) mass is 277 g/mol. The number of likely N-dealkylation sites (N-methyl/N-ethyl adjacent to an activating group) is 1. The van der Waals surface area contributed by atoms with Crippen LogP contribution < -0.4 is 10.1 Å². The van der Waals surface area contributed by atoms with E-state index in [1.54, 1.807) is 18.4 Å². The van der Waals surface area contributed by atoms with Gasteiger partial charge in [0, 0.05) is 12.6 Å². The maximum atomic E-state index is 5.25. The lowest BCUT2D eigenvalue weighted by Gasteiger charge is -2.29. The lowest BCUT2D eigenvalue weighted by atomic mass is 10.1. The van der Waals surface area contributed by atoms with Crippen LogP contribution in [0.4, 0.5) is 5.13 Å². The molecule has 1 aromatic carbocycles. The van der Waals surface area contributed by atoms with Crippen molar-refractivity contribution < 1.29 is 4.74 Å². The highest BCUT2D eigenvalue weighted by Crippen LogP contribution is 2.30. The van der Waals surface area contributed by atoms with Gasteiger partial charge in [0.25, 0.3) is 0 Å². The number of thiazole rings is 1. The minimum absolute atomic E-state index is 0.515. The third-order valence-corrected chi connectivity index (χ3v) is 4.50. The molecule has 0 spiro atoms. The Morgan fingerprint density at radius 2 is 2.37 bits per heavy atom. The summed E-state index contributed by atoms with van der Waals surface area (Å²) >= 11 is 1.70. The van der Waals surface area contributed by atoms with Gasteiger partial charge >= 0.3 is 0 Å². The Morgan fingerprint density at radius 3 is 3.16 bits per heavy atom. The third-order valence-electron chi connectivity index (χ3n) is 3.55. The molecule has 0 aliphatic carbocycles. The molecule has 2 aromatic rings. The number of methoxy groups -OCH3 is 1. The lowest BCUT2D eigenvalue weighted by molar-refractivity contribution is 0.261. The highest BCUT2D eigenvalue weighted by molar-refractivity contribution is 7.22. The van der Waals surface area contributed by atoms with E-state index in [4.69, 9.17) is 4.74 Å². The number of benzene rings is 1. The van der Waals surface area contributed by atoms with Crippen LogP contribution in [0.15, 0.2) is 18.2 Å². The van der Waals surface area contributed by atoms with Crippen LogP contribution in [0, 0.1) is 0 Å². The van der Waals surface area contributed by atoms with Crippen molar-refractivity contribution in [2.75, 3.05) is 32.6 Å². The fourth-order valence-corrected chi connectivity index (χ4v) is 3.52. The Hall–Kier alpha value is -1.33. The molecule has 1 aliphatic rings. The standard InChI is InChI=1S/C14H19N3OS/c1-17-7-3-4-10(9-17)15-14-16-12-6-5-11(18-2)8-13(12)19-14/h5-6,8,10H,3-4,7,9H2,1-2H3,(H,15,16). The van der Waals surface area contributed by atoms with Crippen LogP contribution in [-0.4, -0.2) is 43.2 Å². The summed E-state index contributed by atoms with van der Waals surface area (Å²) in [7, 11) is 3.87. The van der Waals surface area contributed by atoms with Crippen molar-refractivity contribution >= 4 is 26.7 Å². The minimum Gasteiger partial charge on any atom is -0.497 e. The molecule has 19 heavy (non-hydrogen) atoms. The molecule has 1 N–H and O–H groups in total. The van der Waals surface area contributed by atoms with Crippen LogP contribution in [0.5, 0.6) is 5.75 Å². The molecule has 0 radical (unpaired) electrons. The maximum Gasteiger partial charge on any atom is 0.184 e. The number of fused-ring (bicyclic) bond motifs is 1. The summed E-state index contributed by atoms with van der Waals surface area (Å²) in [6.45, 7) is 2.30. The lowest BCUT2D eigenvalue weighted by Crippen LogP contribution is -2.39. The van der Waals surface area contributed by atoms with E-state index in [0.717, 1.165) is 22.9 Å². The molecule has 0 amide bonds. The maximum absolute atomic E-state index is 5.25. The molecule has 5 heteroatoms. The van der Waals surface area contributed by atoms with Gasteiger partial charge in [-0.25, -0.2) is 4.98 Å². The molecule has 0 bridgehead atoms. The Bertz CT molecular complexity index is 569. The number of rotatable bonds is 3. The number of hydrogen-bond acceptors (Lipinski definition) is 5. The molecule has 1 aromatic heterocycles. The molecule has 3 rings (SSSR count). The Labute approximate surface area is 117 Å². The first-order chi connectivity index (χ1) is 9.24. The van der Waals surface area contributed by atoms with Crippen molar-refractivity contribution in [3.8, 4) is 5.75 Å². The molecule has 1 unspecified atom stereocenters. The first-order valence-electron chi connectivity index (χ1n) is 6.64. The number of likely N-dealkylation sites (tertiary alicyclic amines) is 1. The number of ether oxygens (including phenoxy) is 1. The fourth-order valence-electron chi connectivity index (χ4n) is 2.55. The second-order valence-electron chi connectivity index (χ2n) is 5.10. The smallest absolute Gasteiger partial charge is 0.184 e. The zero-order valence-electron chi connectivity index (χ0n) is 11.3. The van der Waals surface area contributed by atoms with E-state index in [1.165, 1.54) is 24.1 Å². The van der Waals surface area contributed by atoms with Gasteiger partial charge in [-0.3, -0.25) is 0 Å². The van der Waals surface area contributed by atoms with Crippen LogP contribution in [0.1, 0.15) is 12.8 Å². The van der Waals surface area contributed by atoms with E-state index in [2.05, 4.69) is 22.2 Å². The predicted octanol–water partition coefficient (Wildman–Crippen LogP) is 2.81. The molecule has 0 saturated carbocycles. The van der Waals surface area contributed by atoms with E-state index in [1.807, 2.05) is 18.2 Å². The number of aromatic nitrogens is 1. The van der Waals surface area contributed by atoms with Gasteiger partial charge in [0.05, 0.1) is 17.3 Å². The van der Waals surface area contributed by atoms with Gasteiger partial charge in [-0.1, -0.05) is 11.3 Å². The first kappa shape index (κ1) is 12.7. The van der Waals surface area contributed by atoms with Crippen LogP contribution in [0.2, 0.25) is 0 Å². The van der Waals surface area contributed by atoms with E-state index in [0.29, 0.717) is 6.04 Å². The van der Waals surface area contributed by atoms with Gasteiger partial charge in [0.15, 0.2) is 5.13 Å². The fraction of sp³-hybridized carbons (Fsp3) is 0.500. The zero-order valence-corrected chi connectivity index (χ0v) is 12.2. The highest BCUT2D eigenvalue weighted by Gasteiger charge is 2.18. The first-order valence-corrected chi connectivity index (χ1v) is 7.46. The Balaban J connectivity index is 1.77. The Morgan fingerprint density at radius 1 is 1.47 bits per heavy atom. The molecule has 4 nitrogen and oxygen atoms in total. The summed E-state index contributed by atoms with van der Waals surface area (Å²) in [5.74, 6) is 0.889. The molecule has 102 valence electrons. The summed E-state index contributed by atoms with van der Waals surface area (Å²) in [6.07, 6.45) is 2.48. The summed E-state index contributed by atoms with van der Waals surface area (Å²) in [5.41, 5.74) is 1.04. The quantitative estimate of drug-likeness (QED) is 0.936. The summed E-state index contributed by atoms with van der Waals surface area (Å²) in [6, 6.07) is 6.54. The van der Waals surface area contributed by atoms with Crippen LogP contribution in [0.25, 0.3) is 10.2 Å². The average molecular weight is 277 g/mol. The van der Waals surface area contributed by atoms with Gasteiger partial charge in [-0.2, -0.15) is 0 Å². The third kappa shape index (κ3) is 2.82. The topological polar surface area (TPSA) is 37.4 Å². The van der Waals surface area contributed by atoms with Crippen molar-refractivity contribution in [1.82, 2.24) is 9.88 Å². The average Bonchev–Trinajstić information content (AvgIpc) is 2.79. The molecule has 2 heterocycles. The van der Waals surface area contributed by atoms with Crippen molar-refractivity contribution in [2.45, 2.75) is 18.9 Å². The molecule has 1 fully saturated rings. The molecule has 1 aliphatic heterocycles. The molecular formula is C14H19N3OS. The zero-order chi connectivity index (χ0) is 13.2. The number of hydrogen-bond donors (Lipinski definition) is 1. The number of nitrogens with zero attached hydrogens (tertiary/aromatic N) is 2. The second-order valence-corrected chi connectivity index (χ2v) is 6.13. The van der Waals surface area contributed by atoms with Crippen molar-refractivity contribution in [3.63, 3.8) is 0 Å². The number of anilines is 1. The van der Waals surface area contributed by atoms with Crippen molar-refractivity contribution in [2.24, 2.45) is 0 Å². The SMILES string of the molecule is COc1ccc2nc(NC3CCCN(C)C3)sc2c1. The van der Waals surface area contributed by atoms with Gasteiger partial charge in [-0.05, 0) is 44.6 Å². The number of nitrogens with one attached hydrogen (secondary N) is 1. The van der Waals surface area contributed by atoms with Crippen LogP contribution in [-0.2, 0) is 0 Å². The van der Waals surface area contributed by atoms with Gasteiger partial charge in [-0.15, -0.1) is 0 Å². The van der Waals surface area contributed by atoms with Crippen LogP contribution in [0.3, 0.4) is 0 Å². The Kier molecular flexibility index (Phi) is 3.57. The summed E-state index contributed by atoms with van der Waals surface area (Å²) in [4.78, 5) is 7.01. The molecule has 1 atom stereocenters. The normalized spacial score (nSPS) is 20.6. The largest absolute Gasteiger partial charge is 0.497 e. The van der Waals surface area contributed by atoms with E-state index in [9.17, 15) is 0 Å². The summed E-state index contributed by atoms with van der Waals surface area (Å²) < 4.78 is 6.42.